The molecule has 0 aromatic heterocycles. The second-order valence-electron chi connectivity index (χ2n) is 4.18. The van der Waals surface area contributed by atoms with Crippen LogP contribution in [0.4, 0.5) is 4.79 Å². The van der Waals surface area contributed by atoms with E-state index in [1.165, 1.54) is 20.0 Å². The number of ether oxygens (including phenoxy) is 2. The number of methoxy groups -OCH3 is 1. The topological polar surface area (TPSA) is 59.9 Å². The summed E-state index contributed by atoms with van der Waals surface area (Å²) in [6, 6.07) is 7.54. The summed E-state index contributed by atoms with van der Waals surface area (Å²) in [7, 11) is 1.29. The van der Waals surface area contributed by atoms with Gasteiger partial charge in [-0.05, 0) is 48.6 Å². The maximum atomic E-state index is 10.7. The molecule has 96 valence electrons. The second-order valence-corrected chi connectivity index (χ2v) is 4.18. The average Bonchev–Trinajstić information content (AvgIpc) is 3.21. The van der Waals surface area contributed by atoms with Gasteiger partial charge >= 0.3 is 6.09 Å². The third-order valence-corrected chi connectivity index (χ3v) is 2.62. The number of hydrazone groups is 1. The maximum Gasteiger partial charge on any atom is 0.427 e. The summed E-state index contributed by atoms with van der Waals surface area (Å²) in [5, 5.41) is 3.74. The highest BCUT2D eigenvalue weighted by Crippen LogP contribution is 2.29. The van der Waals surface area contributed by atoms with E-state index in [2.05, 4.69) is 15.3 Å². The zero-order valence-electron chi connectivity index (χ0n) is 10.3. The van der Waals surface area contributed by atoms with E-state index in [0.717, 1.165) is 23.8 Å². The number of carbonyl (C=O) groups excluding carboxylic acids is 1. The standard InChI is InChI=1S/C13H16N2O3/c1-17-13(16)15-14-8-10-4-6-12(7-5-10)18-9-11-2-3-11/h4-8,11H,2-3,9H2,1H3,(H,15,16). The van der Waals surface area contributed by atoms with Crippen LogP contribution in [0.3, 0.4) is 0 Å². The Morgan fingerprint density at radius 1 is 1.44 bits per heavy atom. The Balaban J connectivity index is 1.80. The van der Waals surface area contributed by atoms with E-state index in [0.29, 0.717) is 0 Å². The monoisotopic (exact) mass is 248 g/mol. The zero-order valence-corrected chi connectivity index (χ0v) is 10.3. The highest BCUT2D eigenvalue weighted by molar-refractivity contribution is 5.80. The van der Waals surface area contributed by atoms with Crippen molar-refractivity contribution in [2.45, 2.75) is 12.8 Å². The first kappa shape index (κ1) is 12.4. The Morgan fingerprint density at radius 2 is 2.17 bits per heavy atom. The van der Waals surface area contributed by atoms with Crippen molar-refractivity contribution in [1.82, 2.24) is 5.43 Å². The fourth-order valence-corrected chi connectivity index (χ4v) is 1.35. The van der Waals surface area contributed by atoms with Crippen LogP contribution in [0.2, 0.25) is 0 Å². The van der Waals surface area contributed by atoms with Gasteiger partial charge in [0.2, 0.25) is 0 Å². The summed E-state index contributed by atoms with van der Waals surface area (Å²) in [5.41, 5.74) is 3.10. The van der Waals surface area contributed by atoms with Crippen molar-refractivity contribution in [1.29, 1.82) is 0 Å². The van der Waals surface area contributed by atoms with Gasteiger partial charge in [0.15, 0.2) is 0 Å². The molecule has 0 saturated heterocycles. The quantitative estimate of drug-likeness (QED) is 0.641. The lowest BCUT2D eigenvalue weighted by atomic mass is 10.2. The molecule has 18 heavy (non-hydrogen) atoms. The van der Waals surface area contributed by atoms with Crippen LogP contribution in [0.15, 0.2) is 29.4 Å². The first-order valence-electron chi connectivity index (χ1n) is 5.88. The summed E-state index contributed by atoms with van der Waals surface area (Å²) in [6.45, 7) is 0.803. The molecule has 0 aliphatic heterocycles. The molecule has 2 rings (SSSR count). The predicted molar refractivity (Wildman–Crippen MR) is 67.8 cm³/mol. The molecular formula is C13H16N2O3. The van der Waals surface area contributed by atoms with Crippen molar-refractivity contribution >= 4 is 12.3 Å². The highest BCUT2D eigenvalue weighted by Gasteiger charge is 2.21. The first-order chi connectivity index (χ1) is 8.78. The number of amides is 1. The molecule has 0 radical (unpaired) electrons. The molecule has 1 aliphatic carbocycles. The molecule has 1 N–H and O–H groups in total. The molecule has 0 unspecified atom stereocenters. The fraction of sp³-hybridized carbons (Fsp3) is 0.385. The van der Waals surface area contributed by atoms with Gasteiger partial charge in [0, 0.05) is 0 Å². The number of rotatable bonds is 5. The Hall–Kier alpha value is -2.04. The normalized spacial score (nSPS) is 14.5. The second kappa shape index (κ2) is 6.05. The van der Waals surface area contributed by atoms with Crippen LogP contribution in [0.5, 0.6) is 5.75 Å². The van der Waals surface area contributed by atoms with Crippen molar-refractivity contribution < 1.29 is 14.3 Å². The molecule has 1 aromatic carbocycles. The molecule has 5 nitrogen and oxygen atoms in total. The molecular weight excluding hydrogens is 232 g/mol. The molecule has 0 bridgehead atoms. The Kier molecular flexibility index (Phi) is 4.17. The molecule has 1 fully saturated rings. The molecule has 0 atom stereocenters. The van der Waals surface area contributed by atoms with Gasteiger partial charge in [-0.15, -0.1) is 0 Å². The van der Waals surface area contributed by atoms with Crippen molar-refractivity contribution in [3.8, 4) is 5.75 Å². The summed E-state index contributed by atoms with van der Waals surface area (Å²) in [5.74, 6) is 1.61. The van der Waals surface area contributed by atoms with Crippen LogP contribution in [0, 0.1) is 5.92 Å². The van der Waals surface area contributed by atoms with E-state index >= 15 is 0 Å². The van der Waals surface area contributed by atoms with Crippen molar-refractivity contribution in [3.05, 3.63) is 29.8 Å². The first-order valence-corrected chi connectivity index (χ1v) is 5.88. The fourth-order valence-electron chi connectivity index (χ4n) is 1.35. The van der Waals surface area contributed by atoms with Gasteiger partial charge in [-0.1, -0.05) is 0 Å². The van der Waals surface area contributed by atoms with Gasteiger partial charge < -0.3 is 9.47 Å². The Bertz CT molecular complexity index is 424. The largest absolute Gasteiger partial charge is 0.493 e. The van der Waals surface area contributed by atoms with Crippen LogP contribution in [-0.4, -0.2) is 26.0 Å². The number of carbonyl (C=O) groups is 1. The van der Waals surface area contributed by atoms with Gasteiger partial charge in [0.05, 0.1) is 19.9 Å². The molecule has 1 aromatic rings. The van der Waals surface area contributed by atoms with Crippen molar-refractivity contribution in [3.63, 3.8) is 0 Å². The van der Waals surface area contributed by atoms with Gasteiger partial charge in [-0.2, -0.15) is 5.10 Å². The molecule has 0 heterocycles. The van der Waals surface area contributed by atoms with Gasteiger partial charge in [-0.25, -0.2) is 10.2 Å². The molecule has 1 saturated carbocycles. The number of hydrogen-bond donors (Lipinski definition) is 1. The summed E-state index contributed by atoms with van der Waals surface area (Å²) >= 11 is 0. The van der Waals surface area contributed by atoms with E-state index in [1.807, 2.05) is 24.3 Å². The molecule has 1 amide bonds. The molecule has 5 heteroatoms. The van der Waals surface area contributed by atoms with E-state index < -0.39 is 6.09 Å². The SMILES string of the molecule is COC(=O)NN=Cc1ccc(OCC2CC2)cc1. The van der Waals surface area contributed by atoms with Gasteiger partial charge in [-0.3, -0.25) is 0 Å². The minimum atomic E-state index is -0.587. The number of nitrogens with one attached hydrogen (secondary N) is 1. The van der Waals surface area contributed by atoms with Crippen LogP contribution in [0.1, 0.15) is 18.4 Å². The summed E-state index contributed by atoms with van der Waals surface area (Å²) < 4.78 is 9.99. The van der Waals surface area contributed by atoms with E-state index in [-0.39, 0.29) is 0 Å². The minimum absolute atomic E-state index is 0.587. The lowest BCUT2D eigenvalue weighted by Crippen LogP contribution is -2.16. The lowest BCUT2D eigenvalue weighted by molar-refractivity contribution is 0.171. The Labute approximate surface area is 106 Å². The van der Waals surface area contributed by atoms with E-state index in [1.54, 1.807) is 6.21 Å². The third-order valence-electron chi connectivity index (χ3n) is 2.62. The number of benzene rings is 1. The van der Waals surface area contributed by atoms with Crippen LogP contribution in [-0.2, 0) is 4.74 Å². The van der Waals surface area contributed by atoms with Gasteiger partial charge in [0.25, 0.3) is 0 Å². The number of nitrogens with zero attached hydrogens (tertiary/aromatic N) is 1. The summed E-state index contributed by atoms with van der Waals surface area (Å²) in [4.78, 5) is 10.7. The number of hydrogen-bond acceptors (Lipinski definition) is 4. The highest BCUT2D eigenvalue weighted by atomic mass is 16.5. The van der Waals surface area contributed by atoms with Crippen molar-refractivity contribution in [2.75, 3.05) is 13.7 Å². The lowest BCUT2D eigenvalue weighted by Gasteiger charge is -2.04. The van der Waals surface area contributed by atoms with Crippen LogP contribution < -0.4 is 10.2 Å². The smallest absolute Gasteiger partial charge is 0.427 e. The zero-order chi connectivity index (χ0) is 12.8. The third kappa shape index (κ3) is 4.08. The summed E-state index contributed by atoms with van der Waals surface area (Å²) in [6.07, 6.45) is 3.52. The van der Waals surface area contributed by atoms with Crippen molar-refractivity contribution in [2.24, 2.45) is 11.0 Å². The maximum absolute atomic E-state index is 10.7. The predicted octanol–water partition coefficient (Wildman–Crippen LogP) is 2.17. The van der Waals surface area contributed by atoms with E-state index in [4.69, 9.17) is 4.74 Å². The van der Waals surface area contributed by atoms with Crippen LogP contribution in [0.25, 0.3) is 0 Å². The minimum Gasteiger partial charge on any atom is -0.493 e. The van der Waals surface area contributed by atoms with E-state index in [9.17, 15) is 4.79 Å². The molecule has 1 aliphatic rings. The van der Waals surface area contributed by atoms with Gasteiger partial charge in [0.1, 0.15) is 5.75 Å². The average molecular weight is 248 g/mol. The Morgan fingerprint density at radius 3 is 2.78 bits per heavy atom. The molecule has 0 spiro atoms. The van der Waals surface area contributed by atoms with Crippen LogP contribution >= 0.6 is 0 Å².